The fourth-order valence-electron chi connectivity index (χ4n) is 4.21. The lowest BCUT2D eigenvalue weighted by atomic mass is 9.99. The van der Waals surface area contributed by atoms with Crippen LogP contribution in [0.2, 0.25) is 0 Å². The van der Waals surface area contributed by atoms with Crippen LogP contribution in [0.1, 0.15) is 56.7 Å². The Balaban J connectivity index is 1.64. The van der Waals surface area contributed by atoms with Crippen molar-refractivity contribution in [1.82, 2.24) is 5.01 Å². The Morgan fingerprint density at radius 3 is 2.46 bits per heavy atom. The molecule has 1 heterocycles. The lowest BCUT2D eigenvalue weighted by Crippen LogP contribution is -2.40. The van der Waals surface area contributed by atoms with Crippen LogP contribution in [-0.4, -0.2) is 22.8 Å². The topological polar surface area (TPSA) is 15.6 Å². The Kier molecular flexibility index (Phi) is 3.91. The molecule has 2 aromatic rings. The predicted molar refractivity (Wildman–Crippen MR) is 102 cm³/mol. The zero-order valence-electron chi connectivity index (χ0n) is 14.9. The summed E-state index contributed by atoms with van der Waals surface area (Å²) in [5, 5.41) is 7.31. The van der Waals surface area contributed by atoms with Gasteiger partial charge >= 0.3 is 0 Å². The minimum Gasteiger partial charge on any atom is -0.291 e. The van der Waals surface area contributed by atoms with Gasteiger partial charge in [-0.15, -0.1) is 0 Å². The van der Waals surface area contributed by atoms with Crippen LogP contribution in [0, 0.1) is 0 Å². The standard InChI is InChI=1S/C22H26N2/c1-15-7-6-8-16(2)24(15)23-17(3)18-11-12-22-20(13-18)14-19-9-4-5-10-21(19)22/h4-5,9-13,15-16H,6-8,14H2,1-3H3. The van der Waals surface area contributed by atoms with Gasteiger partial charge in [-0.3, -0.25) is 5.01 Å². The van der Waals surface area contributed by atoms with Gasteiger partial charge in [-0.1, -0.05) is 36.4 Å². The van der Waals surface area contributed by atoms with Crippen molar-refractivity contribution in [3.8, 4) is 11.1 Å². The highest BCUT2D eigenvalue weighted by atomic mass is 15.5. The molecule has 2 nitrogen and oxygen atoms in total. The van der Waals surface area contributed by atoms with Gasteiger partial charge in [0.15, 0.2) is 0 Å². The maximum absolute atomic E-state index is 4.99. The molecule has 0 radical (unpaired) electrons. The van der Waals surface area contributed by atoms with Gasteiger partial charge in [-0.25, -0.2) is 0 Å². The van der Waals surface area contributed by atoms with Gasteiger partial charge in [-0.05, 0) is 80.3 Å². The van der Waals surface area contributed by atoms with Gasteiger partial charge in [0, 0.05) is 12.1 Å². The third kappa shape index (κ3) is 2.64. The Bertz CT molecular complexity index is 780. The molecule has 2 aliphatic rings. The molecular formula is C22H26N2. The second-order valence-electron chi connectivity index (χ2n) is 7.40. The summed E-state index contributed by atoms with van der Waals surface area (Å²) in [6.45, 7) is 6.75. The maximum Gasteiger partial charge on any atom is 0.0647 e. The first-order valence-electron chi connectivity index (χ1n) is 9.18. The third-order valence-corrected chi connectivity index (χ3v) is 5.62. The van der Waals surface area contributed by atoms with Crippen molar-refractivity contribution in [3.05, 3.63) is 59.2 Å². The average molecular weight is 318 g/mol. The SMILES string of the molecule is CC(=NN1C(C)CCCC1C)c1ccc2c(c1)Cc1ccccc1-2. The van der Waals surface area contributed by atoms with E-state index in [-0.39, 0.29) is 0 Å². The molecule has 0 N–H and O–H groups in total. The van der Waals surface area contributed by atoms with Gasteiger partial charge in [-0.2, -0.15) is 5.10 Å². The van der Waals surface area contributed by atoms with Crippen LogP contribution in [0.15, 0.2) is 47.6 Å². The molecule has 1 aliphatic carbocycles. The number of hydrazone groups is 1. The van der Waals surface area contributed by atoms with E-state index in [1.807, 2.05) is 0 Å². The normalized spacial score (nSPS) is 23.1. The van der Waals surface area contributed by atoms with E-state index < -0.39 is 0 Å². The number of hydrogen-bond donors (Lipinski definition) is 0. The molecule has 0 aromatic heterocycles. The molecule has 1 aliphatic heterocycles. The first-order valence-corrected chi connectivity index (χ1v) is 9.18. The molecule has 2 unspecified atom stereocenters. The fourth-order valence-corrected chi connectivity index (χ4v) is 4.21. The lowest BCUT2D eigenvalue weighted by Gasteiger charge is -2.37. The summed E-state index contributed by atoms with van der Waals surface area (Å²) in [5.41, 5.74) is 8.05. The third-order valence-electron chi connectivity index (χ3n) is 5.62. The van der Waals surface area contributed by atoms with Crippen molar-refractivity contribution in [2.24, 2.45) is 5.10 Å². The van der Waals surface area contributed by atoms with E-state index in [4.69, 9.17) is 5.10 Å². The van der Waals surface area contributed by atoms with Crippen molar-refractivity contribution in [2.45, 2.75) is 58.5 Å². The van der Waals surface area contributed by atoms with E-state index in [9.17, 15) is 0 Å². The molecule has 24 heavy (non-hydrogen) atoms. The van der Waals surface area contributed by atoms with Crippen molar-refractivity contribution in [2.75, 3.05) is 0 Å². The quantitative estimate of drug-likeness (QED) is 0.590. The molecule has 2 aromatic carbocycles. The number of hydrogen-bond acceptors (Lipinski definition) is 2. The van der Waals surface area contributed by atoms with Gasteiger partial charge in [0.1, 0.15) is 0 Å². The predicted octanol–water partition coefficient (Wildman–Crippen LogP) is 5.24. The molecule has 0 bridgehead atoms. The van der Waals surface area contributed by atoms with Crippen molar-refractivity contribution in [1.29, 1.82) is 0 Å². The first-order chi connectivity index (χ1) is 11.6. The van der Waals surface area contributed by atoms with Gasteiger partial charge in [0.2, 0.25) is 0 Å². The molecule has 2 heteroatoms. The zero-order chi connectivity index (χ0) is 16.7. The molecule has 1 saturated heterocycles. The monoisotopic (exact) mass is 318 g/mol. The minimum absolute atomic E-state index is 0.544. The van der Waals surface area contributed by atoms with Gasteiger partial charge in [0.05, 0.1) is 5.71 Å². The Morgan fingerprint density at radius 1 is 0.958 bits per heavy atom. The van der Waals surface area contributed by atoms with Crippen LogP contribution in [0.5, 0.6) is 0 Å². The minimum atomic E-state index is 0.544. The second kappa shape index (κ2) is 6.08. The number of piperidine rings is 1. The van der Waals surface area contributed by atoms with Crippen molar-refractivity contribution in [3.63, 3.8) is 0 Å². The number of fused-ring (bicyclic) bond motifs is 3. The first kappa shape index (κ1) is 15.4. The van der Waals surface area contributed by atoms with E-state index in [1.165, 1.54) is 47.1 Å². The summed E-state index contributed by atoms with van der Waals surface area (Å²) in [4.78, 5) is 0. The summed E-state index contributed by atoms with van der Waals surface area (Å²) in [7, 11) is 0. The highest BCUT2D eigenvalue weighted by Crippen LogP contribution is 2.36. The van der Waals surface area contributed by atoms with E-state index in [1.54, 1.807) is 0 Å². The summed E-state index contributed by atoms with van der Waals surface area (Å²) in [6, 6.07) is 16.7. The summed E-state index contributed by atoms with van der Waals surface area (Å²) in [6.07, 6.45) is 4.87. The number of rotatable bonds is 2. The van der Waals surface area contributed by atoms with Crippen LogP contribution in [-0.2, 0) is 6.42 Å². The van der Waals surface area contributed by atoms with Crippen LogP contribution < -0.4 is 0 Å². The van der Waals surface area contributed by atoms with E-state index in [0.717, 1.165) is 12.1 Å². The van der Waals surface area contributed by atoms with Crippen molar-refractivity contribution >= 4 is 5.71 Å². The molecule has 0 spiro atoms. The zero-order valence-corrected chi connectivity index (χ0v) is 14.9. The number of benzene rings is 2. The second-order valence-corrected chi connectivity index (χ2v) is 7.40. The van der Waals surface area contributed by atoms with Gasteiger partial charge in [0.25, 0.3) is 0 Å². The highest BCUT2D eigenvalue weighted by Gasteiger charge is 2.24. The lowest BCUT2D eigenvalue weighted by molar-refractivity contribution is 0.108. The Labute approximate surface area is 145 Å². The number of nitrogens with zero attached hydrogens (tertiary/aromatic N) is 2. The molecule has 2 atom stereocenters. The van der Waals surface area contributed by atoms with E-state index in [2.05, 4.69) is 68.2 Å². The van der Waals surface area contributed by atoms with E-state index in [0.29, 0.717) is 12.1 Å². The summed E-state index contributed by atoms with van der Waals surface area (Å²) >= 11 is 0. The highest BCUT2D eigenvalue weighted by molar-refractivity contribution is 5.99. The average Bonchev–Trinajstić information content (AvgIpc) is 2.96. The molecular weight excluding hydrogens is 292 g/mol. The Hall–Kier alpha value is -2.09. The molecule has 1 fully saturated rings. The van der Waals surface area contributed by atoms with Crippen molar-refractivity contribution < 1.29 is 0 Å². The largest absolute Gasteiger partial charge is 0.291 e. The van der Waals surface area contributed by atoms with Gasteiger partial charge < -0.3 is 0 Å². The molecule has 4 rings (SSSR count). The van der Waals surface area contributed by atoms with Crippen LogP contribution in [0.3, 0.4) is 0 Å². The molecule has 0 amide bonds. The molecule has 0 saturated carbocycles. The van der Waals surface area contributed by atoms with Crippen LogP contribution in [0.25, 0.3) is 11.1 Å². The Morgan fingerprint density at radius 2 is 1.67 bits per heavy atom. The van der Waals surface area contributed by atoms with Crippen LogP contribution >= 0.6 is 0 Å². The van der Waals surface area contributed by atoms with Crippen LogP contribution in [0.4, 0.5) is 0 Å². The smallest absolute Gasteiger partial charge is 0.0647 e. The summed E-state index contributed by atoms with van der Waals surface area (Å²) in [5.74, 6) is 0. The maximum atomic E-state index is 4.99. The fraction of sp³-hybridized carbons (Fsp3) is 0.409. The van der Waals surface area contributed by atoms with E-state index >= 15 is 0 Å². The summed E-state index contributed by atoms with van der Waals surface area (Å²) < 4.78 is 0. The molecule has 124 valence electrons.